The average molecular weight is 435 g/mol. The van der Waals surface area contributed by atoms with E-state index in [9.17, 15) is 4.79 Å². The molecule has 0 spiro atoms. The Labute approximate surface area is 188 Å². The number of halogens is 1. The summed E-state index contributed by atoms with van der Waals surface area (Å²) in [6, 6.07) is 23.2. The van der Waals surface area contributed by atoms with Gasteiger partial charge in [-0.1, -0.05) is 41.9 Å². The molecule has 0 saturated carbocycles. The first kappa shape index (κ1) is 21.3. The van der Waals surface area contributed by atoms with Crippen molar-refractivity contribution >= 4 is 23.2 Å². The van der Waals surface area contributed by atoms with Crippen LogP contribution >= 0.6 is 11.6 Å². The van der Waals surface area contributed by atoms with Gasteiger partial charge in [-0.25, -0.2) is 0 Å². The zero-order chi connectivity index (χ0) is 21.5. The maximum absolute atomic E-state index is 12.5. The van der Waals surface area contributed by atoms with Crippen molar-refractivity contribution in [3.05, 3.63) is 94.5 Å². The Bertz CT molecular complexity index is 997. The molecule has 1 fully saturated rings. The van der Waals surface area contributed by atoms with Crippen LogP contribution in [0.5, 0.6) is 5.75 Å². The molecular formula is C26H27ClN2O2. The Hall–Kier alpha value is -2.98. The summed E-state index contributed by atoms with van der Waals surface area (Å²) in [7, 11) is 0. The van der Waals surface area contributed by atoms with Gasteiger partial charge in [0.25, 0.3) is 5.91 Å². The fraction of sp³-hybridized carbons (Fsp3) is 0.269. The number of hydrogen-bond acceptors (Lipinski definition) is 3. The number of carbonyl (C=O) groups excluding carboxylic acids is 1. The summed E-state index contributed by atoms with van der Waals surface area (Å²) in [5.74, 6) is 0.600. The summed E-state index contributed by atoms with van der Waals surface area (Å²) in [5, 5.41) is 3.67. The Morgan fingerprint density at radius 2 is 1.61 bits per heavy atom. The molecule has 5 heteroatoms. The first-order valence-corrected chi connectivity index (χ1v) is 11.2. The van der Waals surface area contributed by atoms with Gasteiger partial charge in [-0.05, 0) is 67.3 Å². The lowest BCUT2D eigenvalue weighted by molar-refractivity contribution is 0.0951. The molecule has 0 radical (unpaired) electrons. The molecule has 4 nitrogen and oxygen atoms in total. The maximum Gasteiger partial charge on any atom is 0.251 e. The van der Waals surface area contributed by atoms with E-state index in [1.807, 2.05) is 24.3 Å². The standard InChI is InChI=1S/C26H27ClN2O2/c27-25-7-3-2-6-22(25)19-31-24-14-10-21(11-15-24)26(30)28-18-20-8-12-23(13-9-20)29-16-4-1-5-17-29/h2-3,6-15H,1,4-5,16-19H2,(H,28,30). The van der Waals surface area contributed by atoms with Crippen LogP contribution in [0.2, 0.25) is 5.02 Å². The monoisotopic (exact) mass is 434 g/mol. The molecule has 1 aliphatic heterocycles. The normalized spacial score (nSPS) is 13.6. The minimum atomic E-state index is -0.0993. The van der Waals surface area contributed by atoms with E-state index in [4.69, 9.17) is 16.3 Å². The van der Waals surface area contributed by atoms with Crippen molar-refractivity contribution in [1.82, 2.24) is 5.32 Å². The van der Waals surface area contributed by atoms with Gasteiger partial charge in [-0.2, -0.15) is 0 Å². The van der Waals surface area contributed by atoms with Crippen LogP contribution in [0.25, 0.3) is 0 Å². The summed E-state index contributed by atoms with van der Waals surface area (Å²) in [4.78, 5) is 14.9. The number of hydrogen-bond donors (Lipinski definition) is 1. The number of amides is 1. The fourth-order valence-corrected chi connectivity index (χ4v) is 3.93. The summed E-state index contributed by atoms with van der Waals surface area (Å²) >= 11 is 6.16. The van der Waals surface area contributed by atoms with Gasteiger partial charge in [0.2, 0.25) is 0 Å². The first-order chi connectivity index (χ1) is 15.2. The van der Waals surface area contributed by atoms with Gasteiger partial charge >= 0.3 is 0 Å². The molecule has 31 heavy (non-hydrogen) atoms. The van der Waals surface area contributed by atoms with Crippen LogP contribution in [-0.4, -0.2) is 19.0 Å². The third kappa shape index (κ3) is 5.80. The number of ether oxygens (including phenoxy) is 1. The molecule has 1 amide bonds. The smallest absolute Gasteiger partial charge is 0.251 e. The number of anilines is 1. The highest BCUT2D eigenvalue weighted by atomic mass is 35.5. The lowest BCUT2D eigenvalue weighted by atomic mass is 10.1. The van der Waals surface area contributed by atoms with E-state index < -0.39 is 0 Å². The Balaban J connectivity index is 1.27. The van der Waals surface area contributed by atoms with Crippen molar-refractivity contribution in [3.8, 4) is 5.75 Å². The molecule has 1 saturated heterocycles. The lowest BCUT2D eigenvalue weighted by Crippen LogP contribution is -2.29. The summed E-state index contributed by atoms with van der Waals surface area (Å²) in [5.41, 5.74) is 3.89. The van der Waals surface area contributed by atoms with Crippen LogP contribution in [0.15, 0.2) is 72.8 Å². The van der Waals surface area contributed by atoms with Crippen LogP contribution < -0.4 is 15.0 Å². The highest BCUT2D eigenvalue weighted by molar-refractivity contribution is 6.31. The molecule has 0 atom stereocenters. The zero-order valence-electron chi connectivity index (χ0n) is 17.5. The number of piperidine rings is 1. The fourth-order valence-electron chi connectivity index (χ4n) is 3.74. The highest BCUT2D eigenvalue weighted by Crippen LogP contribution is 2.21. The second-order valence-corrected chi connectivity index (χ2v) is 8.21. The third-order valence-corrected chi connectivity index (χ3v) is 5.95. The van der Waals surface area contributed by atoms with Crippen molar-refractivity contribution in [2.24, 2.45) is 0 Å². The van der Waals surface area contributed by atoms with E-state index in [-0.39, 0.29) is 5.91 Å². The summed E-state index contributed by atoms with van der Waals surface area (Å²) in [6.07, 6.45) is 3.86. The van der Waals surface area contributed by atoms with E-state index in [1.165, 1.54) is 24.9 Å². The summed E-state index contributed by atoms with van der Waals surface area (Å²) < 4.78 is 5.78. The van der Waals surface area contributed by atoms with Gasteiger partial charge in [-0.3, -0.25) is 4.79 Å². The molecule has 0 unspecified atom stereocenters. The molecule has 4 rings (SSSR count). The largest absolute Gasteiger partial charge is 0.489 e. The topological polar surface area (TPSA) is 41.6 Å². The zero-order valence-corrected chi connectivity index (χ0v) is 18.3. The number of nitrogens with one attached hydrogen (secondary N) is 1. The van der Waals surface area contributed by atoms with Crippen molar-refractivity contribution in [3.63, 3.8) is 0 Å². The van der Waals surface area contributed by atoms with Crippen molar-refractivity contribution in [1.29, 1.82) is 0 Å². The Morgan fingerprint density at radius 3 is 2.32 bits per heavy atom. The lowest BCUT2D eigenvalue weighted by Gasteiger charge is -2.28. The molecule has 160 valence electrons. The predicted octanol–water partition coefficient (Wildman–Crippen LogP) is 5.84. The van der Waals surface area contributed by atoms with Crippen molar-refractivity contribution in [2.75, 3.05) is 18.0 Å². The number of benzene rings is 3. The van der Waals surface area contributed by atoms with Gasteiger partial charge in [0.1, 0.15) is 12.4 Å². The van der Waals surface area contributed by atoms with Crippen LogP contribution in [0.3, 0.4) is 0 Å². The van der Waals surface area contributed by atoms with E-state index in [2.05, 4.69) is 34.5 Å². The van der Waals surface area contributed by atoms with Crippen LogP contribution in [0.4, 0.5) is 5.69 Å². The van der Waals surface area contributed by atoms with Crippen LogP contribution in [0, 0.1) is 0 Å². The van der Waals surface area contributed by atoms with Gasteiger partial charge in [0, 0.05) is 41.5 Å². The minimum absolute atomic E-state index is 0.0993. The molecule has 1 aliphatic rings. The average Bonchev–Trinajstić information content (AvgIpc) is 2.83. The molecule has 1 N–H and O–H groups in total. The molecule has 1 heterocycles. The quantitative estimate of drug-likeness (QED) is 0.508. The predicted molar refractivity (Wildman–Crippen MR) is 126 cm³/mol. The van der Waals surface area contributed by atoms with Gasteiger partial charge < -0.3 is 15.0 Å². The highest BCUT2D eigenvalue weighted by Gasteiger charge is 2.11. The van der Waals surface area contributed by atoms with E-state index in [0.29, 0.717) is 29.5 Å². The van der Waals surface area contributed by atoms with Gasteiger partial charge in [0.05, 0.1) is 0 Å². The van der Waals surface area contributed by atoms with Gasteiger partial charge in [0.15, 0.2) is 0 Å². The molecule has 0 aromatic heterocycles. The van der Waals surface area contributed by atoms with Crippen molar-refractivity contribution < 1.29 is 9.53 Å². The molecule has 3 aromatic rings. The second kappa shape index (κ2) is 10.4. The molecule has 3 aromatic carbocycles. The Kier molecular flexibility index (Phi) is 7.11. The van der Waals surface area contributed by atoms with E-state index >= 15 is 0 Å². The number of carbonyl (C=O) groups is 1. The molecular weight excluding hydrogens is 408 g/mol. The molecule has 0 aliphatic carbocycles. The maximum atomic E-state index is 12.5. The third-order valence-electron chi connectivity index (χ3n) is 5.58. The van der Waals surface area contributed by atoms with E-state index in [1.54, 1.807) is 24.3 Å². The van der Waals surface area contributed by atoms with Gasteiger partial charge in [-0.15, -0.1) is 0 Å². The molecule has 0 bridgehead atoms. The number of rotatable bonds is 7. The van der Waals surface area contributed by atoms with Crippen LogP contribution in [-0.2, 0) is 13.2 Å². The van der Waals surface area contributed by atoms with E-state index in [0.717, 1.165) is 24.2 Å². The summed E-state index contributed by atoms with van der Waals surface area (Å²) in [6.45, 7) is 3.16. The minimum Gasteiger partial charge on any atom is -0.489 e. The first-order valence-electron chi connectivity index (χ1n) is 10.8. The Morgan fingerprint density at radius 1 is 0.903 bits per heavy atom. The van der Waals surface area contributed by atoms with Crippen LogP contribution in [0.1, 0.15) is 40.7 Å². The van der Waals surface area contributed by atoms with Crippen molar-refractivity contribution in [2.45, 2.75) is 32.4 Å². The second-order valence-electron chi connectivity index (χ2n) is 7.80. The number of nitrogens with zero attached hydrogens (tertiary/aromatic N) is 1. The SMILES string of the molecule is O=C(NCc1ccc(N2CCCCC2)cc1)c1ccc(OCc2ccccc2Cl)cc1.